The number of nitrogens with zero attached hydrogens (tertiary/aromatic N) is 1. The maximum atomic E-state index is 13.5. The van der Waals surface area contributed by atoms with Crippen molar-refractivity contribution in [2.75, 3.05) is 38.7 Å². The van der Waals surface area contributed by atoms with E-state index in [1.165, 1.54) is 32.1 Å². The molecule has 0 radical (unpaired) electrons. The SMILES string of the molecule is CN1C(=O)c2cc(NC(=O)C3CCOCC3)ccc2OC[C@@H]2O[C@H](CC(=O)NCC3CCCCC3)CC[C@@H]21. The number of ether oxygens (including phenoxy) is 3. The number of hydrogen-bond donors (Lipinski definition) is 2. The molecule has 2 saturated heterocycles. The van der Waals surface area contributed by atoms with Gasteiger partial charge < -0.3 is 29.7 Å². The molecule has 4 aliphatic rings. The summed E-state index contributed by atoms with van der Waals surface area (Å²) >= 11 is 0. The summed E-state index contributed by atoms with van der Waals surface area (Å²) in [6.07, 6.45) is 8.93. The molecule has 1 aromatic rings. The molecule has 0 spiro atoms. The third-order valence-electron chi connectivity index (χ3n) is 8.60. The van der Waals surface area contributed by atoms with Gasteiger partial charge in [-0.15, -0.1) is 0 Å². The van der Waals surface area contributed by atoms with Gasteiger partial charge in [0.1, 0.15) is 18.5 Å². The molecule has 208 valence electrons. The first-order valence-electron chi connectivity index (χ1n) is 14.3. The normalized spacial score (nSPS) is 26.8. The van der Waals surface area contributed by atoms with Crippen molar-refractivity contribution in [2.24, 2.45) is 11.8 Å². The first-order valence-corrected chi connectivity index (χ1v) is 14.3. The number of anilines is 1. The van der Waals surface area contributed by atoms with Crippen LogP contribution in [0.15, 0.2) is 18.2 Å². The molecule has 5 rings (SSSR count). The van der Waals surface area contributed by atoms with E-state index in [4.69, 9.17) is 14.2 Å². The van der Waals surface area contributed by atoms with Gasteiger partial charge in [0.25, 0.3) is 5.91 Å². The van der Waals surface area contributed by atoms with E-state index in [0.29, 0.717) is 68.4 Å². The van der Waals surface area contributed by atoms with Crippen molar-refractivity contribution in [2.45, 2.75) is 82.5 Å². The van der Waals surface area contributed by atoms with Gasteiger partial charge >= 0.3 is 0 Å². The molecule has 2 N–H and O–H groups in total. The van der Waals surface area contributed by atoms with E-state index in [1.807, 2.05) is 0 Å². The average Bonchev–Trinajstić information content (AvgIpc) is 2.95. The molecule has 38 heavy (non-hydrogen) atoms. The molecule has 1 saturated carbocycles. The molecular formula is C29H41N3O6. The molecular weight excluding hydrogens is 486 g/mol. The van der Waals surface area contributed by atoms with Crippen molar-refractivity contribution in [3.05, 3.63) is 23.8 Å². The molecule has 9 heteroatoms. The average molecular weight is 528 g/mol. The zero-order valence-corrected chi connectivity index (χ0v) is 22.4. The maximum Gasteiger partial charge on any atom is 0.257 e. The molecule has 3 heterocycles. The monoisotopic (exact) mass is 527 g/mol. The van der Waals surface area contributed by atoms with Gasteiger partial charge in [0.15, 0.2) is 0 Å². The summed E-state index contributed by atoms with van der Waals surface area (Å²) in [5.74, 6) is 0.817. The fraction of sp³-hybridized carbons (Fsp3) is 0.690. The number of fused-ring (bicyclic) bond motifs is 2. The van der Waals surface area contributed by atoms with Gasteiger partial charge in [-0.25, -0.2) is 0 Å². The highest BCUT2D eigenvalue weighted by atomic mass is 16.5. The number of likely N-dealkylation sites (N-methyl/N-ethyl adjacent to an activating group) is 1. The largest absolute Gasteiger partial charge is 0.490 e. The maximum absolute atomic E-state index is 13.5. The van der Waals surface area contributed by atoms with Gasteiger partial charge in [0.05, 0.1) is 24.1 Å². The minimum absolute atomic E-state index is 0.0379. The second-order valence-corrected chi connectivity index (χ2v) is 11.3. The molecule has 0 aromatic heterocycles. The second-order valence-electron chi connectivity index (χ2n) is 11.3. The van der Waals surface area contributed by atoms with Crippen LogP contribution in [0.25, 0.3) is 0 Å². The van der Waals surface area contributed by atoms with Crippen molar-refractivity contribution in [1.29, 1.82) is 0 Å². The quantitative estimate of drug-likeness (QED) is 0.587. The van der Waals surface area contributed by atoms with Crippen molar-refractivity contribution in [1.82, 2.24) is 10.2 Å². The lowest BCUT2D eigenvalue weighted by Crippen LogP contribution is -2.54. The lowest BCUT2D eigenvalue weighted by atomic mass is 9.89. The Morgan fingerprint density at radius 1 is 1.03 bits per heavy atom. The van der Waals surface area contributed by atoms with E-state index < -0.39 is 0 Å². The number of benzene rings is 1. The van der Waals surface area contributed by atoms with Crippen LogP contribution in [0.2, 0.25) is 0 Å². The van der Waals surface area contributed by atoms with E-state index in [1.54, 1.807) is 30.1 Å². The first kappa shape index (κ1) is 26.9. The van der Waals surface area contributed by atoms with Gasteiger partial charge in [-0.05, 0) is 62.6 Å². The standard InChI is InChI=1S/C29H41N3O6/c1-32-24-9-8-22(16-27(33)30-17-19-5-3-2-4-6-19)38-26(24)18-37-25-10-7-21(15-23(25)29(32)35)31-28(34)20-11-13-36-14-12-20/h7,10,15,19-20,22,24,26H,2-6,8-9,11-14,16-18H2,1H3,(H,30,33)(H,31,34)/t22-,24-,26-/m0/s1. The molecule has 1 aliphatic carbocycles. The topological polar surface area (TPSA) is 106 Å². The Labute approximate surface area is 224 Å². The Hall–Kier alpha value is -2.65. The van der Waals surface area contributed by atoms with Gasteiger partial charge in [0.2, 0.25) is 11.8 Å². The van der Waals surface area contributed by atoms with Crippen LogP contribution in [0.3, 0.4) is 0 Å². The van der Waals surface area contributed by atoms with Crippen LogP contribution in [0.1, 0.15) is 74.6 Å². The molecule has 3 atom stereocenters. The van der Waals surface area contributed by atoms with E-state index in [-0.39, 0.29) is 41.9 Å². The van der Waals surface area contributed by atoms with Gasteiger partial charge in [-0.2, -0.15) is 0 Å². The number of carbonyl (C=O) groups is 3. The number of carbonyl (C=O) groups excluding carboxylic acids is 3. The van der Waals surface area contributed by atoms with Gasteiger partial charge in [0, 0.05) is 38.4 Å². The minimum atomic E-state index is -0.310. The highest BCUT2D eigenvalue weighted by molar-refractivity contribution is 6.00. The van der Waals surface area contributed by atoms with E-state index in [0.717, 1.165) is 13.0 Å². The summed E-state index contributed by atoms with van der Waals surface area (Å²) in [5, 5.41) is 6.07. The highest BCUT2D eigenvalue weighted by Gasteiger charge is 2.39. The molecule has 3 amide bonds. The van der Waals surface area contributed by atoms with Crippen LogP contribution in [-0.2, 0) is 19.1 Å². The summed E-state index contributed by atoms with van der Waals surface area (Å²) in [4.78, 5) is 40.5. The first-order chi connectivity index (χ1) is 18.5. The summed E-state index contributed by atoms with van der Waals surface area (Å²) in [5.41, 5.74) is 1.02. The molecule has 0 bridgehead atoms. The number of nitrogens with one attached hydrogen (secondary N) is 2. The van der Waals surface area contributed by atoms with Crippen LogP contribution in [0.4, 0.5) is 5.69 Å². The van der Waals surface area contributed by atoms with Crippen molar-refractivity contribution in [3.8, 4) is 5.75 Å². The number of hydrogen-bond acceptors (Lipinski definition) is 6. The highest BCUT2D eigenvalue weighted by Crippen LogP contribution is 2.33. The van der Waals surface area contributed by atoms with Crippen LogP contribution in [-0.4, -0.2) is 74.3 Å². The number of amides is 3. The van der Waals surface area contributed by atoms with E-state index >= 15 is 0 Å². The van der Waals surface area contributed by atoms with Crippen LogP contribution >= 0.6 is 0 Å². The summed E-state index contributed by atoms with van der Waals surface area (Å²) in [7, 11) is 1.79. The van der Waals surface area contributed by atoms with Gasteiger partial charge in [-0.1, -0.05) is 19.3 Å². The van der Waals surface area contributed by atoms with E-state index in [2.05, 4.69) is 10.6 Å². The molecule has 0 unspecified atom stereocenters. The predicted octanol–water partition coefficient (Wildman–Crippen LogP) is 3.52. The van der Waals surface area contributed by atoms with Crippen LogP contribution in [0.5, 0.6) is 5.75 Å². The zero-order valence-electron chi connectivity index (χ0n) is 22.4. The van der Waals surface area contributed by atoms with Crippen LogP contribution in [0, 0.1) is 11.8 Å². The summed E-state index contributed by atoms with van der Waals surface area (Å²) in [6.45, 7) is 2.24. The molecule has 3 aliphatic heterocycles. The van der Waals surface area contributed by atoms with Crippen molar-refractivity contribution < 1.29 is 28.6 Å². The molecule has 9 nitrogen and oxygen atoms in total. The molecule has 3 fully saturated rings. The lowest BCUT2D eigenvalue weighted by molar-refractivity contribution is -0.134. The van der Waals surface area contributed by atoms with Gasteiger partial charge in [-0.3, -0.25) is 14.4 Å². The fourth-order valence-electron chi connectivity index (χ4n) is 6.24. The van der Waals surface area contributed by atoms with E-state index in [9.17, 15) is 14.4 Å². The number of rotatable bonds is 6. The van der Waals surface area contributed by atoms with Crippen LogP contribution < -0.4 is 15.4 Å². The third kappa shape index (κ3) is 6.49. The zero-order chi connectivity index (χ0) is 26.5. The smallest absolute Gasteiger partial charge is 0.257 e. The Morgan fingerprint density at radius 3 is 2.61 bits per heavy atom. The lowest BCUT2D eigenvalue weighted by Gasteiger charge is -2.42. The second kappa shape index (κ2) is 12.5. The Kier molecular flexibility index (Phi) is 8.84. The Bertz CT molecular complexity index is 1000. The third-order valence-corrected chi connectivity index (χ3v) is 8.60. The minimum Gasteiger partial charge on any atom is -0.490 e. The van der Waals surface area contributed by atoms with Crippen molar-refractivity contribution in [3.63, 3.8) is 0 Å². The molecule has 1 aromatic carbocycles. The predicted molar refractivity (Wildman–Crippen MR) is 142 cm³/mol. The van der Waals surface area contributed by atoms with Crippen molar-refractivity contribution >= 4 is 23.4 Å². The Balaban J connectivity index is 1.18. The Morgan fingerprint density at radius 2 is 1.82 bits per heavy atom. The summed E-state index contributed by atoms with van der Waals surface area (Å²) in [6, 6.07) is 5.07. The summed E-state index contributed by atoms with van der Waals surface area (Å²) < 4.78 is 17.7. The fourth-order valence-corrected chi connectivity index (χ4v) is 6.24.